The number of hydrogen-bond acceptors (Lipinski definition) is 7. The normalized spacial score (nSPS) is 19.5. The standard InChI is InChI=1S/C23H29N5O6S2/c1-23(7-8-23)25-36(33,34)18-3-4-20-19(11-18)21(29)28(15-17-12-24-26(2)13-17)22(30)27(20)14-16-5-9-35(31,32)10-6-16/h3-4,11-13,16,25H,5-10,14-15H2,1-2H3. The van der Waals surface area contributed by atoms with Crippen LogP contribution in [0.25, 0.3) is 10.9 Å². The Labute approximate surface area is 208 Å². The zero-order chi connectivity index (χ0) is 25.9. The minimum Gasteiger partial charge on any atom is -0.293 e. The molecule has 3 heterocycles. The van der Waals surface area contributed by atoms with Gasteiger partial charge in [0.2, 0.25) is 10.0 Å². The zero-order valence-corrected chi connectivity index (χ0v) is 21.8. The Bertz CT molecular complexity index is 1670. The van der Waals surface area contributed by atoms with Crippen LogP contribution in [0.15, 0.2) is 45.1 Å². The molecule has 1 aliphatic carbocycles. The van der Waals surface area contributed by atoms with E-state index in [0.29, 0.717) is 23.9 Å². The van der Waals surface area contributed by atoms with E-state index in [4.69, 9.17) is 0 Å². The molecule has 0 radical (unpaired) electrons. The quantitative estimate of drug-likeness (QED) is 0.467. The number of aromatic nitrogens is 4. The van der Waals surface area contributed by atoms with Crippen LogP contribution in [0.1, 0.15) is 38.2 Å². The summed E-state index contributed by atoms with van der Waals surface area (Å²) in [5.74, 6) is 0.0672. The first-order chi connectivity index (χ1) is 16.9. The van der Waals surface area contributed by atoms with Gasteiger partial charge in [-0.2, -0.15) is 5.10 Å². The average molecular weight is 536 g/mol. The number of benzene rings is 1. The summed E-state index contributed by atoms with van der Waals surface area (Å²) in [6.45, 7) is 2.04. The van der Waals surface area contributed by atoms with Crippen molar-refractivity contribution in [3.05, 3.63) is 57.0 Å². The Hall–Kier alpha value is -2.77. The van der Waals surface area contributed by atoms with Crippen LogP contribution in [0.3, 0.4) is 0 Å². The van der Waals surface area contributed by atoms with Crippen LogP contribution in [0.5, 0.6) is 0 Å². The number of nitrogens with one attached hydrogen (secondary N) is 1. The molecule has 0 atom stereocenters. The molecule has 0 unspecified atom stereocenters. The molecule has 1 aromatic carbocycles. The maximum Gasteiger partial charge on any atom is 0.331 e. The summed E-state index contributed by atoms with van der Waals surface area (Å²) in [5.41, 5.74) is -0.607. The SMILES string of the molecule is Cn1cc(Cn2c(=O)c3cc(S(=O)(=O)NC4(C)CC4)ccc3n(CC3CCS(=O)(=O)CC3)c2=O)cn1. The second-order valence-electron chi connectivity index (χ2n) is 10.2. The molecule has 13 heteroatoms. The highest BCUT2D eigenvalue weighted by Crippen LogP contribution is 2.36. The molecule has 36 heavy (non-hydrogen) atoms. The van der Waals surface area contributed by atoms with Crippen LogP contribution >= 0.6 is 0 Å². The largest absolute Gasteiger partial charge is 0.331 e. The molecule has 2 fully saturated rings. The van der Waals surface area contributed by atoms with Gasteiger partial charge in [0.1, 0.15) is 9.84 Å². The molecule has 11 nitrogen and oxygen atoms in total. The molecular formula is C23H29N5O6S2. The van der Waals surface area contributed by atoms with Gasteiger partial charge in [-0.3, -0.25) is 18.6 Å². The lowest BCUT2D eigenvalue weighted by molar-refractivity contribution is 0.396. The first-order valence-corrected chi connectivity index (χ1v) is 15.2. The molecule has 1 saturated heterocycles. The van der Waals surface area contributed by atoms with Gasteiger partial charge < -0.3 is 0 Å². The Morgan fingerprint density at radius 2 is 1.83 bits per heavy atom. The summed E-state index contributed by atoms with van der Waals surface area (Å²) in [4.78, 5) is 27.0. The molecular weight excluding hydrogens is 506 g/mol. The van der Waals surface area contributed by atoms with Gasteiger partial charge in [0.25, 0.3) is 5.56 Å². The van der Waals surface area contributed by atoms with E-state index >= 15 is 0 Å². The Kier molecular flexibility index (Phi) is 5.99. The predicted molar refractivity (Wildman–Crippen MR) is 134 cm³/mol. The fourth-order valence-electron chi connectivity index (χ4n) is 4.67. The van der Waals surface area contributed by atoms with E-state index in [2.05, 4.69) is 9.82 Å². The van der Waals surface area contributed by atoms with Gasteiger partial charge in [-0.1, -0.05) is 0 Å². The van der Waals surface area contributed by atoms with Crippen LogP contribution in [-0.2, 0) is 40.0 Å². The van der Waals surface area contributed by atoms with Crippen LogP contribution in [0, 0.1) is 5.92 Å². The lowest BCUT2D eigenvalue weighted by Gasteiger charge is -2.24. The second kappa shape index (κ2) is 8.67. The van der Waals surface area contributed by atoms with Crippen molar-refractivity contribution in [1.82, 2.24) is 23.6 Å². The monoisotopic (exact) mass is 535 g/mol. The van der Waals surface area contributed by atoms with Crippen molar-refractivity contribution < 1.29 is 16.8 Å². The lowest BCUT2D eigenvalue weighted by atomic mass is 10.0. The fraction of sp³-hybridized carbons (Fsp3) is 0.522. The van der Waals surface area contributed by atoms with Crippen molar-refractivity contribution in [2.24, 2.45) is 13.0 Å². The minimum atomic E-state index is -3.86. The Balaban J connectivity index is 1.62. The first kappa shape index (κ1) is 24.9. The number of hydrogen-bond donors (Lipinski definition) is 1. The maximum absolute atomic E-state index is 13.5. The smallest absolute Gasteiger partial charge is 0.293 e. The number of rotatable bonds is 7. The number of sulfone groups is 1. The molecule has 0 bridgehead atoms. The maximum atomic E-state index is 13.5. The average Bonchev–Trinajstić information content (AvgIpc) is 3.38. The minimum absolute atomic E-state index is 0.0200. The molecule has 2 aliphatic rings. The van der Waals surface area contributed by atoms with Gasteiger partial charge in [0.05, 0.1) is 40.0 Å². The van der Waals surface area contributed by atoms with E-state index < -0.39 is 36.6 Å². The van der Waals surface area contributed by atoms with E-state index in [1.807, 2.05) is 6.92 Å². The van der Waals surface area contributed by atoms with Gasteiger partial charge >= 0.3 is 5.69 Å². The van der Waals surface area contributed by atoms with Crippen molar-refractivity contribution in [2.45, 2.75) is 56.1 Å². The first-order valence-electron chi connectivity index (χ1n) is 11.9. The molecule has 2 aromatic heterocycles. The van der Waals surface area contributed by atoms with Gasteiger partial charge in [-0.15, -0.1) is 0 Å². The van der Waals surface area contributed by atoms with Gasteiger partial charge in [0, 0.05) is 30.9 Å². The highest BCUT2D eigenvalue weighted by atomic mass is 32.2. The Morgan fingerprint density at radius 3 is 2.44 bits per heavy atom. The van der Waals surface area contributed by atoms with Crippen molar-refractivity contribution in [1.29, 1.82) is 0 Å². The summed E-state index contributed by atoms with van der Waals surface area (Å²) in [6.07, 6.45) is 5.60. The molecule has 3 aromatic rings. The molecule has 1 saturated carbocycles. The molecule has 1 aliphatic heterocycles. The Morgan fingerprint density at radius 1 is 1.14 bits per heavy atom. The van der Waals surface area contributed by atoms with Crippen LogP contribution in [0.2, 0.25) is 0 Å². The van der Waals surface area contributed by atoms with Gasteiger partial charge in [0.15, 0.2) is 0 Å². The number of fused-ring (bicyclic) bond motifs is 1. The zero-order valence-electron chi connectivity index (χ0n) is 20.2. The fourth-order valence-corrected chi connectivity index (χ4v) is 7.75. The molecule has 0 spiro atoms. The summed E-state index contributed by atoms with van der Waals surface area (Å²) in [5, 5.41) is 4.21. The summed E-state index contributed by atoms with van der Waals surface area (Å²) < 4.78 is 56.6. The van der Waals surface area contributed by atoms with E-state index in [1.54, 1.807) is 24.1 Å². The van der Waals surface area contributed by atoms with E-state index in [-0.39, 0.29) is 40.8 Å². The predicted octanol–water partition coefficient (Wildman–Crippen LogP) is 0.601. The topological polar surface area (TPSA) is 142 Å². The van der Waals surface area contributed by atoms with Crippen molar-refractivity contribution >= 4 is 30.8 Å². The van der Waals surface area contributed by atoms with Crippen LogP contribution < -0.4 is 16.0 Å². The molecule has 5 rings (SSSR count). The van der Waals surface area contributed by atoms with Crippen molar-refractivity contribution in [3.63, 3.8) is 0 Å². The molecule has 1 N–H and O–H groups in total. The van der Waals surface area contributed by atoms with E-state index in [1.165, 1.54) is 22.8 Å². The van der Waals surface area contributed by atoms with E-state index in [0.717, 1.165) is 17.4 Å². The van der Waals surface area contributed by atoms with Crippen LogP contribution in [0.4, 0.5) is 0 Å². The van der Waals surface area contributed by atoms with E-state index in [9.17, 15) is 26.4 Å². The third-order valence-electron chi connectivity index (χ3n) is 7.10. The summed E-state index contributed by atoms with van der Waals surface area (Å²) >= 11 is 0. The number of sulfonamides is 1. The molecule has 0 amide bonds. The summed E-state index contributed by atoms with van der Waals surface area (Å²) in [6, 6.07) is 4.23. The summed E-state index contributed by atoms with van der Waals surface area (Å²) in [7, 11) is -5.20. The van der Waals surface area contributed by atoms with Gasteiger partial charge in [-0.05, 0) is 56.7 Å². The van der Waals surface area contributed by atoms with Crippen molar-refractivity contribution in [3.8, 4) is 0 Å². The highest BCUT2D eigenvalue weighted by molar-refractivity contribution is 7.91. The van der Waals surface area contributed by atoms with Crippen LogP contribution in [-0.4, -0.2) is 52.8 Å². The second-order valence-corrected chi connectivity index (χ2v) is 14.2. The third kappa shape index (κ3) is 4.91. The number of nitrogens with zero attached hydrogens (tertiary/aromatic N) is 4. The molecule has 194 valence electrons. The number of aryl methyl sites for hydroxylation is 1. The lowest BCUT2D eigenvalue weighted by Crippen LogP contribution is -2.42. The highest BCUT2D eigenvalue weighted by Gasteiger charge is 2.41. The third-order valence-corrected chi connectivity index (χ3v) is 10.5. The van der Waals surface area contributed by atoms with Gasteiger partial charge in [-0.25, -0.2) is 26.4 Å². The van der Waals surface area contributed by atoms with Crippen molar-refractivity contribution in [2.75, 3.05) is 11.5 Å².